The minimum atomic E-state index is -0.698. The Labute approximate surface area is 144 Å². The number of carbonyl (C=O) groups is 1. The first-order valence-corrected chi connectivity index (χ1v) is 8.31. The van der Waals surface area contributed by atoms with Crippen LogP contribution in [0.3, 0.4) is 0 Å². The average molecular weight is 345 g/mol. The van der Waals surface area contributed by atoms with Crippen molar-refractivity contribution >= 4 is 5.91 Å². The van der Waals surface area contributed by atoms with Crippen LogP contribution in [0.4, 0.5) is 0 Å². The van der Waals surface area contributed by atoms with Crippen LogP contribution in [0.25, 0.3) is 0 Å². The summed E-state index contributed by atoms with van der Waals surface area (Å²) in [6.45, 7) is 3.18. The van der Waals surface area contributed by atoms with E-state index in [-0.39, 0.29) is 24.2 Å². The molecule has 2 aromatic rings. The van der Waals surface area contributed by atoms with Gasteiger partial charge in [0, 0.05) is 25.1 Å². The maximum Gasteiger partial charge on any atom is 0.267 e. The Hall–Kier alpha value is -2.77. The summed E-state index contributed by atoms with van der Waals surface area (Å²) in [5.41, 5.74) is 0. The molecule has 1 saturated heterocycles. The topological polar surface area (TPSA) is 97.9 Å². The Morgan fingerprint density at radius 2 is 2.08 bits per heavy atom. The summed E-state index contributed by atoms with van der Waals surface area (Å²) in [5.74, 6) is 2.36. The van der Waals surface area contributed by atoms with Crippen molar-refractivity contribution in [3.8, 4) is 17.2 Å². The summed E-state index contributed by atoms with van der Waals surface area (Å²) in [7, 11) is 0. The van der Waals surface area contributed by atoms with Crippen LogP contribution in [0, 0.1) is 6.92 Å². The highest BCUT2D eigenvalue weighted by Gasteiger charge is 2.34. The highest BCUT2D eigenvalue weighted by molar-refractivity contribution is 5.82. The lowest BCUT2D eigenvalue weighted by Crippen LogP contribution is -2.48. The molecule has 0 saturated carbocycles. The molecular weight excluding hydrogens is 326 g/mol. The number of amides is 1. The predicted molar refractivity (Wildman–Crippen MR) is 85.6 cm³/mol. The summed E-state index contributed by atoms with van der Waals surface area (Å²) in [6.07, 6.45) is 0.855. The van der Waals surface area contributed by atoms with Gasteiger partial charge in [0.15, 0.2) is 17.3 Å². The van der Waals surface area contributed by atoms with Crippen molar-refractivity contribution in [3.05, 3.63) is 29.9 Å². The number of hydrogen-bond acceptors (Lipinski definition) is 7. The molecule has 8 nitrogen and oxygen atoms in total. The van der Waals surface area contributed by atoms with E-state index in [1.807, 2.05) is 0 Å². The van der Waals surface area contributed by atoms with Crippen LogP contribution in [0.5, 0.6) is 17.2 Å². The van der Waals surface area contributed by atoms with E-state index in [4.69, 9.17) is 14.0 Å². The maximum absolute atomic E-state index is 12.7. The molecule has 1 amide bonds. The standard InChI is InChI=1S/C17H19N3O5/c1-10-18-16(25-19-10)11-4-6-20(7-5-11)17(22)15-9-23-13-3-2-12(21)8-14(13)24-15/h2-3,8,11,15,21H,4-7,9H2,1H3. The van der Waals surface area contributed by atoms with Gasteiger partial charge in [-0.1, -0.05) is 5.16 Å². The summed E-state index contributed by atoms with van der Waals surface area (Å²) in [6, 6.07) is 4.61. The molecule has 132 valence electrons. The second-order valence-corrected chi connectivity index (χ2v) is 6.33. The molecule has 1 aromatic heterocycles. The van der Waals surface area contributed by atoms with Crippen LogP contribution < -0.4 is 9.47 Å². The number of aromatic hydroxyl groups is 1. The third-order valence-corrected chi connectivity index (χ3v) is 4.56. The Balaban J connectivity index is 1.38. The van der Waals surface area contributed by atoms with Gasteiger partial charge in [-0.15, -0.1) is 0 Å². The van der Waals surface area contributed by atoms with Crippen LogP contribution in [0.1, 0.15) is 30.5 Å². The van der Waals surface area contributed by atoms with Crippen molar-refractivity contribution in [2.45, 2.75) is 31.8 Å². The highest BCUT2D eigenvalue weighted by Crippen LogP contribution is 2.35. The third-order valence-electron chi connectivity index (χ3n) is 4.56. The van der Waals surface area contributed by atoms with E-state index >= 15 is 0 Å². The molecule has 4 rings (SSSR count). The number of phenols is 1. The molecule has 0 aliphatic carbocycles. The number of piperidine rings is 1. The molecule has 1 N–H and O–H groups in total. The number of likely N-dealkylation sites (tertiary alicyclic amines) is 1. The van der Waals surface area contributed by atoms with Crippen LogP contribution in [0.2, 0.25) is 0 Å². The molecule has 1 fully saturated rings. The molecule has 8 heteroatoms. The number of hydrogen-bond donors (Lipinski definition) is 1. The van der Waals surface area contributed by atoms with Gasteiger partial charge in [-0.3, -0.25) is 4.79 Å². The second-order valence-electron chi connectivity index (χ2n) is 6.33. The number of aromatic nitrogens is 2. The molecule has 0 radical (unpaired) electrons. The smallest absolute Gasteiger partial charge is 0.267 e. The number of phenolic OH excluding ortho intramolecular Hbond substituents is 1. The largest absolute Gasteiger partial charge is 0.508 e. The summed E-state index contributed by atoms with van der Waals surface area (Å²) in [5, 5.41) is 13.4. The number of aryl methyl sites for hydroxylation is 1. The monoisotopic (exact) mass is 345 g/mol. The van der Waals surface area contributed by atoms with Crippen molar-refractivity contribution in [1.29, 1.82) is 0 Å². The normalized spacial score (nSPS) is 20.5. The lowest BCUT2D eigenvalue weighted by molar-refractivity contribution is -0.142. The van der Waals surface area contributed by atoms with Gasteiger partial charge in [-0.05, 0) is 31.9 Å². The average Bonchev–Trinajstić information content (AvgIpc) is 3.07. The van der Waals surface area contributed by atoms with E-state index < -0.39 is 6.10 Å². The number of carbonyl (C=O) groups excluding carboxylic acids is 1. The third kappa shape index (κ3) is 3.11. The lowest BCUT2D eigenvalue weighted by atomic mass is 9.96. The molecule has 25 heavy (non-hydrogen) atoms. The first-order valence-electron chi connectivity index (χ1n) is 8.31. The quantitative estimate of drug-likeness (QED) is 0.883. The molecule has 2 aliphatic heterocycles. The number of fused-ring (bicyclic) bond motifs is 1. The van der Waals surface area contributed by atoms with Gasteiger partial charge < -0.3 is 24.0 Å². The Morgan fingerprint density at radius 3 is 2.80 bits per heavy atom. The minimum Gasteiger partial charge on any atom is -0.508 e. The van der Waals surface area contributed by atoms with E-state index in [0.717, 1.165) is 12.8 Å². The van der Waals surface area contributed by atoms with Gasteiger partial charge in [0.1, 0.15) is 12.4 Å². The molecule has 1 atom stereocenters. The second kappa shape index (κ2) is 6.27. The number of ether oxygens (including phenoxy) is 2. The van der Waals surface area contributed by atoms with Crippen molar-refractivity contribution < 1.29 is 23.9 Å². The number of nitrogens with zero attached hydrogens (tertiary/aromatic N) is 3. The first kappa shape index (κ1) is 15.7. The molecule has 0 spiro atoms. The maximum atomic E-state index is 12.7. The molecule has 2 aliphatic rings. The lowest BCUT2D eigenvalue weighted by Gasteiger charge is -2.34. The SMILES string of the molecule is Cc1noc(C2CCN(C(=O)C3COc4ccc(O)cc4O3)CC2)n1. The van der Waals surface area contributed by atoms with Crippen LogP contribution in [0.15, 0.2) is 22.7 Å². The Bertz CT molecular complexity index is 782. The van der Waals surface area contributed by atoms with Crippen molar-refractivity contribution in [2.24, 2.45) is 0 Å². The van der Waals surface area contributed by atoms with E-state index in [9.17, 15) is 9.90 Å². The van der Waals surface area contributed by atoms with Gasteiger partial charge in [0.05, 0.1) is 0 Å². The zero-order valence-electron chi connectivity index (χ0n) is 13.8. The van der Waals surface area contributed by atoms with E-state index in [1.54, 1.807) is 17.9 Å². The van der Waals surface area contributed by atoms with E-state index in [1.165, 1.54) is 12.1 Å². The van der Waals surface area contributed by atoms with Gasteiger partial charge >= 0.3 is 0 Å². The van der Waals surface area contributed by atoms with Crippen molar-refractivity contribution in [3.63, 3.8) is 0 Å². The highest BCUT2D eigenvalue weighted by atomic mass is 16.6. The van der Waals surface area contributed by atoms with Crippen LogP contribution in [-0.2, 0) is 4.79 Å². The van der Waals surface area contributed by atoms with Gasteiger partial charge in [0.25, 0.3) is 5.91 Å². The molecular formula is C17H19N3O5. The summed E-state index contributed by atoms with van der Waals surface area (Å²) in [4.78, 5) is 18.8. The van der Waals surface area contributed by atoms with Gasteiger partial charge in [-0.25, -0.2) is 0 Å². The van der Waals surface area contributed by atoms with E-state index in [0.29, 0.717) is 36.3 Å². The summed E-state index contributed by atoms with van der Waals surface area (Å²) >= 11 is 0. The van der Waals surface area contributed by atoms with Crippen LogP contribution in [-0.4, -0.2) is 51.9 Å². The zero-order chi connectivity index (χ0) is 17.4. The van der Waals surface area contributed by atoms with Crippen LogP contribution >= 0.6 is 0 Å². The van der Waals surface area contributed by atoms with E-state index in [2.05, 4.69) is 10.1 Å². The van der Waals surface area contributed by atoms with Gasteiger partial charge in [-0.2, -0.15) is 4.98 Å². The Kier molecular flexibility index (Phi) is 3.95. The fraction of sp³-hybridized carbons (Fsp3) is 0.471. The van der Waals surface area contributed by atoms with Gasteiger partial charge in [0.2, 0.25) is 12.0 Å². The fourth-order valence-corrected chi connectivity index (χ4v) is 3.21. The minimum absolute atomic E-state index is 0.0751. The number of benzene rings is 1. The van der Waals surface area contributed by atoms with Crippen molar-refractivity contribution in [2.75, 3.05) is 19.7 Å². The molecule has 1 unspecified atom stereocenters. The zero-order valence-corrected chi connectivity index (χ0v) is 13.8. The predicted octanol–water partition coefficient (Wildman–Crippen LogP) is 1.63. The fourth-order valence-electron chi connectivity index (χ4n) is 3.21. The van der Waals surface area contributed by atoms with Crippen molar-refractivity contribution in [1.82, 2.24) is 15.0 Å². The Morgan fingerprint density at radius 1 is 1.28 bits per heavy atom. The first-order chi connectivity index (χ1) is 12.1. The molecule has 0 bridgehead atoms. The molecule has 1 aromatic carbocycles. The summed E-state index contributed by atoms with van der Waals surface area (Å²) < 4.78 is 16.5. The number of rotatable bonds is 2. The molecule has 3 heterocycles.